The van der Waals surface area contributed by atoms with Gasteiger partial charge in [-0.25, -0.2) is 0 Å². The Hall–Kier alpha value is -1.63. The number of halogens is 1. The Morgan fingerprint density at radius 2 is 2.10 bits per heavy atom. The fourth-order valence-electron chi connectivity index (χ4n) is 2.02. The maximum absolute atomic E-state index is 12.5. The number of hydrogen-bond acceptors (Lipinski definition) is 3. The summed E-state index contributed by atoms with van der Waals surface area (Å²) >= 11 is 3.38. The lowest BCUT2D eigenvalue weighted by molar-refractivity contribution is 0.0771. The number of rotatable bonds is 4. The number of amides is 1. The molecule has 0 saturated carbocycles. The van der Waals surface area contributed by atoms with Crippen molar-refractivity contribution < 1.29 is 4.79 Å². The predicted molar refractivity (Wildman–Crippen MR) is 79.3 cm³/mol. The molecule has 0 unspecified atom stereocenters. The van der Waals surface area contributed by atoms with Gasteiger partial charge >= 0.3 is 0 Å². The number of hydrogen-bond donors (Lipinski definition) is 0. The van der Waals surface area contributed by atoms with E-state index in [0.29, 0.717) is 18.8 Å². The number of aryl methyl sites for hydroxylation is 2. The van der Waals surface area contributed by atoms with E-state index < -0.39 is 0 Å². The molecule has 108 valence electrons. The van der Waals surface area contributed by atoms with Crippen LogP contribution in [-0.2, 0) is 20.1 Å². The van der Waals surface area contributed by atoms with Crippen LogP contribution in [0.2, 0.25) is 0 Å². The van der Waals surface area contributed by atoms with E-state index in [0.717, 1.165) is 15.7 Å². The lowest BCUT2D eigenvalue weighted by Gasteiger charge is -2.17. The Bertz CT molecular complexity index is 631. The molecule has 0 bridgehead atoms. The molecule has 0 spiro atoms. The van der Waals surface area contributed by atoms with Crippen LogP contribution in [-0.4, -0.2) is 37.4 Å². The van der Waals surface area contributed by atoms with Gasteiger partial charge in [-0.1, -0.05) is 0 Å². The highest BCUT2D eigenvalue weighted by Crippen LogP contribution is 2.19. The third-order valence-electron chi connectivity index (χ3n) is 3.39. The van der Waals surface area contributed by atoms with Crippen LogP contribution in [0, 0.1) is 6.92 Å². The number of carbonyl (C=O) groups is 1. The molecule has 0 atom stereocenters. The zero-order valence-corrected chi connectivity index (χ0v) is 13.7. The normalized spacial score (nSPS) is 10.8. The van der Waals surface area contributed by atoms with Gasteiger partial charge in [0.05, 0.1) is 16.9 Å². The molecule has 2 heterocycles. The second-order valence-electron chi connectivity index (χ2n) is 4.70. The smallest absolute Gasteiger partial charge is 0.273 e. The summed E-state index contributed by atoms with van der Waals surface area (Å²) in [5, 5.41) is 8.37. The van der Waals surface area contributed by atoms with Gasteiger partial charge in [-0.3, -0.25) is 14.2 Å². The Balaban J connectivity index is 2.20. The summed E-state index contributed by atoms with van der Waals surface area (Å²) < 4.78 is 4.22. The molecule has 2 aromatic rings. The summed E-state index contributed by atoms with van der Waals surface area (Å²) in [5.41, 5.74) is 2.69. The maximum Gasteiger partial charge on any atom is 0.273 e. The molecule has 0 aromatic carbocycles. The quantitative estimate of drug-likeness (QED) is 0.855. The first kappa shape index (κ1) is 14.8. The first-order valence-electron chi connectivity index (χ1n) is 6.40. The van der Waals surface area contributed by atoms with Crippen LogP contribution in [0.3, 0.4) is 0 Å². The Labute approximate surface area is 126 Å². The van der Waals surface area contributed by atoms with Gasteiger partial charge in [-0.2, -0.15) is 10.2 Å². The predicted octanol–water partition coefficient (Wildman–Crippen LogP) is 1.98. The molecule has 1 amide bonds. The largest absolute Gasteiger partial charge is 0.336 e. The lowest BCUT2D eigenvalue weighted by Crippen LogP contribution is -2.29. The molecule has 0 aliphatic rings. The molecule has 0 aliphatic heterocycles. The Kier molecular flexibility index (Phi) is 4.27. The summed E-state index contributed by atoms with van der Waals surface area (Å²) in [6, 6.07) is 0. The fraction of sp³-hybridized carbons (Fsp3) is 0.462. The summed E-state index contributed by atoms with van der Waals surface area (Å²) in [6.07, 6.45) is 3.45. The highest BCUT2D eigenvalue weighted by atomic mass is 79.9. The Morgan fingerprint density at radius 1 is 1.40 bits per heavy atom. The van der Waals surface area contributed by atoms with Crippen molar-refractivity contribution in [3.05, 3.63) is 33.8 Å². The minimum Gasteiger partial charge on any atom is -0.336 e. The van der Waals surface area contributed by atoms with E-state index in [-0.39, 0.29) is 5.91 Å². The minimum atomic E-state index is -0.0560. The first-order valence-corrected chi connectivity index (χ1v) is 7.19. The highest BCUT2D eigenvalue weighted by Gasteiger charge is 2.21. The molecule has 0 N–H and O–H groups in total. The average molecular weight is 340 g/mol. The molecule has 0 radical (unpaired) electrons. The number of nitrogens with zero attached hydrogens (tertiary/aromatic N) is 5. The van der Waals surface area contributed by atoms with Crippen LogP contribution in [0.25, 0.3) is 0 Å². The van der Waals surface area contributed by atoms with Gasteiger partial charge in [0.1, 0.15) is 5.69 Å². The van der Waals surface area contributed by atoms with E-state index in [1.165, 1.54) is 0 Å². The van der Waals surface area contributed by atoms with E-state index in [1.54, 1.807) is 33.7 Å². The van der Waals surface area contributed by atoms with Crippen LogP contribution in [0.15, 0.2) is 16.9 Å². The summed E-state index contributed by atoms with van der Waals surface area (Å²) in [4.78, 5) is 14.2. The number of aromatic nitrogens is 4. The van der Waals surface area contributed by atoms with Gasteiger partial charge in [0.15, 0.2) is 0 Å². The van der Waals surface area contributed by atoms with Crippen molar-refractivity contribution in [2.45, 2.75) is 26.9 Å². The van der Waals surface area contributed by atoms with Crippen molar-refractivity contribution in [3.8, 4) is 0 Å². The Morgan fingerprint density at radius 3 is 2.65 bits per heavy atom. The zero-order valence-electron chi connectivity index (χ0n) is 12.1. The van der Waals surface area contributed by atoms with Crippen molar-refractivity contribution in [3.63, 3.8) is 0 Å². The van der Waals surface area contributed by atoms with Crippen LogP contribution in [0.5, 0.6) is 0 Å². The summed E-state index contributed by atoms with van der Waals surface area (Å²) in [6.45, 7) is 5.14. The fourth-order valence-corrected chi connectivity index (χ4v) is 2.49. The highest BCUT2D eigenvalue weighted by molar-refractivity contribution is 9.10. The van der Waals surface area contributed by atoms with Crippen molar-refractivity contribution in [1.29, 1.82) is 0 Å². The monoisotopic (exact) mass is 339 g/mol. The molecule has 0 aliphatic carbocycles. The molecular weight excluding hydrogens is 322 g/mol. The second-order valence-corrected chi connectivity index (χ2v) is 5.55. The molecule has 2 rings (SSSR count). The van der Waals surface area contributed by atoms with E-state index in [1.807, 2.05) is 20.9 Å². The van der Waals surface area contributed by atoms with E-state index in [4.69, 9.17) is 0 Å². The average Bonchev–Trinajstić information content (AvgIpc) is 2.95. The van der Waals surface area contributed by atoms with E-state index >= 15 is 0 Å². The minimum absolute atomic E-state index is 0.0560. The SMILES string of the molecule is CCn1ncc(Br)c1C(=O)N(C)Cc1cnn(C)c1C. The molecule has 20 heavy (non-hydrogen) atoms. The van der Waals surface area contributed by atoms with Gasteiger partial charge in [-0.15, -0.1) is 0 Å². The number of carbonyl (C=O) groups excluding carboxylic acids is 1. The molecule has 0 saturated heterocycles. The van der Waals surface area contributed by atoms with Gasteiger partial charge < -0.3 is 4.90 Å². The third kappa shape index (κ3) is 2.63. The molecule has 7 heteroatoms. The molecule has 2 aromatic heterocycles. The topological polar surface area (TPSA) is 56.0 Å². The van der Waals surface area contributed by atoms with Gasteiger partial charge in [-0.05, 0) is 29.8 Å². The van der Waals surface area contributed by atoms with Crippen molar-refractivity contribution in [2.75, 3.05) is 7.05 Å². The molecule has 0 fully saturated rings. The van der Waals surface area contributed by atoms with Crippen molar-refractivity contribution >= 4 is 21.8 Å². The van der Waals surface area contributed by atoms with E-state index in [9.17, 15) is 4.79 Å². The summed E-state index contributed by atoms with van der Waals surface area (Å²) in [7, 11) is 3.68. The molecular formula is C13H18BrN5O. The van der Waals surface area contributed by atoms with Gasteiger partial charge in [0.2, 0.25) is 0 Å². The molecule has 6 nitrogen and oxygen atoms in total. The van der Waals surface area contributed by atoms with Crippen molar-refractivity contribution in [1.82, 2.24) is 24.5 Å². The van der Waals surface area contributed by atoms with Gasteiger partial charge in [0.25, 0.3) is 5.91 Å². The first-order chi connectivity index (χ1) is 9.45. The zero-order chi connectivity index (χ0) is 14.9. The third-order valence-corrected chi connectivity index (χ3v) is 3.97. The van der Waals surface area contributed by atoms with Crippen LogP contribution >= 0.6 is 15.9 Å². The van der Waals surface area contributed by atoms with Gasteiger partial charge in [0, 0.05) is 38.4 Å². The maximum atomic E-state index is 12.5. The second kappa shape index (κ2) is 5.78. The standard InChI is InChI=1S/C13H18BrN5O/c1-5-19-12(11(14)7-16-19)13(20)17(3)8-10-6-15-18(4)9(10)2/h6-7H,5,8H2,1-4H3. The lowest BCUT2D eigenvalue weighted by atomic mass is 10.2. The summed E-state index contributed by atoms with van der Waals surface area (Å²) in [5.74, 6) is -0.0560. The van der Waals surface area contributed by atoms with Crippen LogP contribution in [0.1, 0.15) is 28.7 Å². The van der Waals surface area contributed by atoms with Crippen molar-refractivity contribution in [2.24, 2.45) is 7.05 Å². The van der Waals surface area contributed by atoms with Crippen LogP contribution in [0.4, 0.5) is 0 Å². The van der Waals surface area contributed by atoms with Crippen LogP contribution < -0.4 is 0 Å². The van der Waals surface area contributed by atoms with E-state index in [2.05, 4.69) is 26.1 Å².